The number of thioether (sulfide) groups is 2. The number of hydrogen-bond donors (Lipinski definition) is 1. The van der Waals surface area contributed by atoms with E-state index in [1.807, 2.05) is 17.9 Å². The van der Waals surface area contributed by atoms with E-state index in [-0.39, 0.29) is 28.5 Å². The number of nitrogens with one attached hydrogen (secondary N) is 1. The van der Waals surface area contributed by atoms with Crippen LogP contribution < -0.4 is 5.32 Å². The highest BCUT2D eigenvalue weighted by molar-refractivity contribution is 9.10. The Kier molecular flexibility index (Phi) is 6.13. The van der Waals surface area contributed by atoms with Crippen molar-refractivity contribution in [3.05, 3.63) is 34.7 Å². The van der Waals surface area contributed by atoms with Gasteiger partial charge in [-0.25, -0.2) is 4.98 Å². The smallest absolute Gasteiger partial charge is 0.270 e. The number of rotatable bonds is 3. The summed E-state index contributed by atoms with van der Waals surface area (Å²) in [7, 11) is 0. The summed E-state index contributed by atoms with van der Waals surface area (Å²) in [6, 6.07) is 3.47. The average Bonchev–Trinajstić information content (AvgIpc) is 3.24. The molecule has 0 aliphatic carbocycles. The van der Waals surface area contributed by atoms with E-state index in [0.29, 0.717) is 11.2 Å². The van der Waals surface area contributed by atoms with E-state index < -0.39 is 0 Å². The molecule has 1 N–H and O–H groups in total. The first-order chi connectivity index (χ1) is 13.5. The molecule has 2 aromatic heterocycles. The molecular formula is C19H21BrN4O2S2. The van der Waals surface area contributed by atoms with Crippen molar-refractivity contribution in [1.82, 2.24) is 20.2 Å². The minimum absolute atomic E-state index is 0.00464. The molecule has 9 heteroatoms. The van der Waals surface area contributed by atoms with Crippen LogP contribution in [-0.4, -0.2) is 61.4 Å². The van der Waals surface area contributed by atoms with Gasteiger partial charge in [-0.05, 0) is 47.8 Å². The van der Waals surface area contributed by atoms with Gasteiger partial charge >= 0.3 is 0 Å². The number of likely N-dealkylation sites (tertiary alicyclic amines) is 1. The number of carbonyl (C=O) groups excluding carboxylic acids is 2. The van der Waals surface area contributed by atoms with Gasteiger partial charge in [0.05, 0.1) is 9.99 Å². The van der Waals surface area contributed by atoms with Crippen LogP contribution in [0.15, 0.2) is 29.0 Å². The fourth-order valence-corrected chi connectivity index (χ4v) is 6.81. The van der Waals surface area contributed by atoms with Crippen molar-refractivity contribution in [2.24, 2.45) is 0 Å². The number of halogens is 1. The fourth-order valence-electron chi connectivity index (χ4n) is 3.66. The number of pyridine rings is 2. The second-order valence-electron chi connectivity index (χ2n) is 6.96. The summed E-state index contributed by atoms with van der Waals surface area (Å²) in [4.78, 5) is 36.2. The zero-order valence-electron chi connectivity index (χ0n) is 15.4. The topological polar surface area (TPSA) is 75.2 Å². The Labute approximate surface area is 180 Å². The molecule has 0 saturated carbocycles. The molecule has 2 amide bonds. The number of fused-ring (bicyclic) bond motifs is 1. The van der Waals surface area contributed by atoms with Crippen LogP contribution in [0.25, 0.3) is 10.9 Å². The summed E-state index contributed by atoms with van der Waals surface area (Å²) in [5.74, 6) is 2.05. The van der Waals surface area contributed by atoms with Crippen LogP contribution in [0, 0.1) is 0 Å². The van der Waals surface area contributed by atoms with Crippen LogP contribution in [0.4, 0.5) is 0 Å². The van der Waals surface area contributed by atoms with Crippen molar-refractivity contribution >= 4 is 62.2 Å². The highest BCUT2D eigenvalue weighted by Gasteiger charge is 2.36. The summed E-state index contributed by atoms with van der Waals surface area (Å²) >= 11 is 6.89. The molecule has 148 valence electrons. The minimum atomic E-state index is -0.207. The Bertz CT molecular complexity index is 907. The SMILES string of the molecule is C[C@@H]1[C@H](NC(=O)c2ccc3cncc(Br)c3n2)CCCN1C(=O)C1SCCS1. The van der Waals surface area contributed by atoms with Gasteiger partial charge in [-0.15, -0.1) is 23.5 Å². The van der Waals surface area contributed by atoms with Gasteiger partial charge in [-0.1, -0.05) is 0 Å². The number of hydrogen-bond acceptors (Lipinski definition) is 6. The Morgan fingerprint density at radius 2 is 2.04 bits per heavy atom. The Morgan fingerprint density at radius 3 is 2.82 bits per heavy atom. The normalized spacial score (nSPS) is 23.1. The minimum Gasteiger partial charge on any atom is -0.346 e. The predicted octanol–water partition coefficient (Wildman–Crippen LogP) is 3.31. The van der Waals surface area contributed by atoms with E-state index >= 15 is 0 Å². The van der Waals surface area contributed by atoms with Gasteiger partial charge in [-0.3, -0.25) is 14.6 Å². The van der Waals surface area contributed by atoms with Crippen LogP contribution in [0.1, 0.15) is 30.3 Å². The summed E-state index contributed by atoms with van der Waals surface area (Å²) in [5.41, 5.74) is 1.09. The third-order valence-corrected chi connectivity index (χ3v) is 8.74. The van der Waals surface area contributed by atoms with Gasteiger partial charge in [0.2, 0.25) is 5.91 Å². The molecule has 2 aromatic rings. The zero-order chi connectivity index (χ0) is 19.7. The molecule has 2 aliphatic heterocycles. The summed E-state index contributed by atoms with van der Waals surface area (Å²) < 4.78 is 0.763. The zero-order valence-corrected chi connectivity index (χ0v) is 18.6. The molecular weight excluding hydrogens is 460 g/mol. The molecule has 2 atom stereocenters. The lowest BCUT2D eigenvalue weighted by atomic mass is 9.97. The maximum Gasteiger partial charge on any atom is 0.270 e. The Hall–Kier alpha value is -1.32. The van der Waals surface area contributed by atoms with Gasteiger partial charge in [0.1, 0.15) is 10.3 Å². The first kappa shape index (κ1) is 20.0. The molecule has 6 nitrogen and oxygen atoms in total. The highest BCUT2D eigenvalue weighted by Crippen LogP contribution is 2.34. The molecule has 2 aliphatic rings. The first-order valence-electron chi connectivity index (χ1n) is 9.29. The highest BCUT2D eigenvalue weighted by atomic mass is 79.9. The number of carbonyl (C=O) groups is 2. The first-order valence-corrected chi connectivity index (χ1v) is 12.2. The number of amides is 2. The van der Waals surface area contributed by atoms with E-state index in [0.717, 1.165) is 40.8 Å². The van der Waals surface area contributed by atoms with Crippen LogP contribution in [0.3, 0.4) is 0 Å². The Morgan fingerprint density at radius 1 is 1.25 bits per heavy atom. The van der Waals surface area contributed by atoms with E-state index in [9.17, 15) is 9.59 Å². The molecule has 4 rings (SSSR count). The molecule has 2 saturated heterocycles. The van der Waals surface area contributed by atoms with Crippen molar-refractivity contribution in [3.8, 4) is 0 Å². The van der Waals surface area contributed by atoms with E-state index in [2.05, 4.69) is 31.2 Å². The average molecular weight is 481 g/mol. The second-order valence-corrected chi connectivity index (χ2v) is 10.5. The lowest BCUT2D eigenvalue weighted by Crippen LogP contribution is -2.56. The molecule has 0 unspecified atom stereocenters. The van der Waals surface area contributed by atoms with Gasteiger partial charge in [-0.2, -0.15) is 0 Å². The van der Waals surface area contributed by atoms with E-state index in [1.165, 1.54) is 0 Å². The third-order valence-electron chi connectivity index (χ3n) is 5.20. The van der Waals surface area contributed by atoms with Crippen molar-refractivity contribution in [3.63, 3.8) is 0 Å². The summed E-state index contributed by atoms with van der Waals surface area (Å²) in [6.45, 7) is 2.79. The van der Waals surface area contributed by atoms with Crippen LogP contribution in [0.2, 0.25) is 0 Å². The number of piperidine rings is 1. The molecule has 2 fully saturated rings. The lowest BCUT2D eigenvalue weighted by Gasteiger charge is -2.40. The summed E-state index contributed by atoms with van der Waals surface area (Å²) in [5, 5.41) is 3.98. The molecule has 0 aromatic carbocycles. The largest absolute Gasteiger partial charge is 0.346 e. The molecule has 4 heterocycles. The quantitative estimate of drug-likeness (QED) is 0.725. The van der Waals surface area contributed by atoms with Crippen LogP contribution in [-0.2, 0) is 4.79 Å². The van der Waals surface area contributed by atoms with Crippen molar-refractivity contribution in [2.45, 2.75) is 36.4 Å². The molecule has 28 heavy (non-hydrogen) atoms. The molecule has 0 bridgehead atoms. The predicted molar refractivity (Wildman–Crippen MR) is 118 cm³/mol. The monoisotopic (exact) mass is 480 g/mol. The van der Waals surface area contributed by atoms with E-state index in [4.69, 9.17) is 0 Å². The Balaban J connectivity index is 1.47. The van der Waals surface area contributed by atoms with Crippen molar-refractivity contribution < 1.29 is 9.59 Å². The van der Waals surface area contributed by atoms with Crippen molar-refractivity contribution in [1.29, 1.82) is 0 Å². The number of nitrogens with zero attached hydrogens (tertiary/aromatic N) is 3. The van der Waals surface area contributed by atoms with Gasteiger partial charge < -0.3 is 10.2 Å². The fraction of sp³-hybridized carbons (Fsp3) is 0.474. The van der Waals surface area contributed by atoms with Gasteiger partial charge in [0.25, 0.3) is 5.91 Å². The maximum absolute atomic E-state index is 12.8. The van der Waals surface area contributed by atoms with Crippen LogP contribution in [0.5, 0.6) is 0 Å². The molecule has 0 spiro atoms. The van der Waals surface area contributed by atoms with Crippen molar-refractivity contribution in [2.75, 3.05) is 18.1 Å². The maximum atomic E-state index is 12.8. The third kappa shape index (κ3) is 4.02. The second kappa shape index (κ2) is 8.59. The lowest BCUT2D eigenvalue weighted by molar-refractivity contribution is -0.132. The number of aromatic nitrogens is 2. The molecule has 0 radical (unpaired) electrons. The van der Waals surface area contributed by atoms with E-state index in [1.54, 1.807) is 42.0 Å². The standard InChI is InChI=1S/C19H21BrN4O2S2/c1-11-14(3-2-6-24(11)18(26)19-27-7-8-28-19)23-17(25)15-5-4-12-9-21-10-13(20)16(12)22-15/h4-5,9-11,14,19H,2-3,6-8H2,1H3,(H,23,25)/t11-,14-/m1/s1. The van der Waals surface area contributed by atoms with Gasteiger partial charge in [0, 0.05) is 47.9 Å². The summed E-state index contributed by atoms with van der Waals surface area (Å²) in [6.07, 6.45) is 5.15. The van der Waals surface area contributed by atoms with Gasteiger partial charge in [0.15, 0.2) is 0 Å². The van der Waals surface area contributed by atoms with Crippen LogP contribution >= 0.6 is 39.5 Å².